The SMILES string of the molecule is C/C=C/CCNC(=O)c1ccn(-c2ccccc2N)n1. The molecule has 2 aromatic rings. The summed E-state index contributed by atoms with van der Waals surface area (Å²) in [6.07, 6.45) is 6.50. The minimum atomic E-state index is -0.178. The maximum Gasteiger partial charge on any atom is 0.271 e. The van der Waals surface area contributed by atoms with Crippen LogP contribution in [0.1, 0.15) is 23.8 Å². The smallest absolute Gasteiger partial charge is 0.271 e. The fourth-order valence-electron chi connectivity index (χ4n) is 1.80. The van der Waals surface area contributed by atoms with E-state index < -0.39 is 0 Å². The van der Waals surface area contributed by atoms with Gasteiger partial charge < -0.3 is 11.1 Å². The normalized spacial score (nSPS) is 10.8. The van der Waals surface area contributed by atoms with E-state index in [1.807, 2.05) is 37.3 Å². The van der Waals surface area contributed by atoms with E-state index in [9.17, 15) is 4.79 Å². The number of para-hydroxylation sites is 2. The number of nitrogens with zero attached hydrogens (tertiary/aromatic N) is 2. The molecule has 0 saturated heterocycles. The summed E-state index contributed by atoms with van der Waals surface area (Å²) in [5.74, 6) is -0.178. The van der Waals surface area contributed by atoms with Crippen LogP contribution in [0.2, 0.25) is 0 Å². The molecule has 1 aromatic heterocycles. The van der Waals surface area contributed by atoms with Gasteiger partial charge in [0.25, 0.3) is 5.91 Å². The number of carbonyl (C=O) groups is 1. The predicted molar refractivity (Wildman–Crippen MR) is 79.7 cm³/mol. The topological polar surface area (TPSA) is 72.9 Å². The Morgan fingerprint density at radius 2 is 2.20 bits per heavy atom. The molecule has 1 amide bonds. The molecular weight excluding hydrogens is 252 g/mol. The fourth-order valence-corrected chi connectivity index (χ4v) is 1.80. The largest absolute Gasteiger partial charge is 0.397 e. The minimum Gasteiger partial charge on any atom is -0.397 e. The monoisotopic (exact) mass is 270 g/mol. The number of hydrogen-bond donors (Lipinski definition) is 2. The van der Waals surface area contributed by atoms with Crippen molar-refractivity contribution in [2.75, 3.05) is 12.3 Å². The van der Waals surface area contributed by atoms with Crippen LogP contribution in [-0.2, 0) is 0 Å². The molecule has 0 bridgehead atoms. The van der Waals surface area contributed by atoms with Gasteiger partial charge in [0.15, 0.2) is 5.69 Å². The highest BCUT2D eigenvalue weighted by Crippen LogP contribution is 2.15. The van der Waals surface area contributed by atoms with Gasteiger partial charge in [0, 0.05) is 12.7 Å². The number of rotatable bonds is 5. The summed E-state index contributed by atoms with van der Waals surface area (Å²) in [5, 5.41) is 7.06. The third kappa shape index (κ3) is 3.26. The average molecular weight is 270 g/mol. The van der Waals surface area contributed by atoms with Crippen molar-refractivity contribution in [3.8, 4) is 5.69 Å². The van der Waals surface area contributed by atoms with Gasteiger partial charge in [0.05, 0.1) is 11.4 Å². The highest BCUT2D eigenvalue weighted by Gasteiger charge is 2.10. The van der Waals surface area contributed by atoms with Crippen molar-refractivity contribution in [1.29, 1.82) is 0 Å². The molecule has 1 heterocycles. The molecule has 0 aliphatic rings. The number of nitrogens with two attached hydrogens (primary N) is 1. The Labute approximate surface area is 118 Å². The van der Waals surface area contributed by atoms with Gasteiger partial charge in [-0.05, 0) is 31.5 Å². The van der Waals surface area contributed by atoms with Crippen molar-refractivity contribution >= 4 is 11.6 Å². The highest BCUT2D eigenvalue weighted by molar-refractivity contribution is 5.92. The van der Waals surface area contributed by atoms with E-state index in [0.717, 1.165) is 12.1 Å². The van der Waals surface area contributed by atoms with Crippen molar-refractivity contribution in [3.05, 3.63) is 54.4 Å². The van der Waals surface area contributed by atoms with Gasteiger partial charge in [0.1, 0.15) is 0 Å². The molecule has 5 heteroatoms. The molecular formula is C15H18N4O. The lowest BCUT2D eigenvalue weighted by Gasteiger charge is -2.04. The average Bonchev–Trinajstić information content (AvgIpc) is 2.93. The Morgan fingerprint density at radius 3 is 2.95 bits per heavy atom. The van der Waals surface area contributed by atoms with E-state index in [-0.39, 0.29) is 5.91 Å². The van der Waals surface area contributed by atoms with Crippen LogP contribution < -0.4 is 11.1 Å². The van der Waals surface area contributed by atoms with E-state index in [2.05, 4.69) is 10.4 Å². The van der Waals surface area contributed by atoms with Gasteiger partial charge in [-0.25, -0.2) is 4.68 Å². The minimum absolute atomic E-state index is 0.178. The summed E-state index contributed by atoms with van der Waals surface area (Å²) in [7, 11) is 0. The number of anilines is 1. The first-order chi connectivity index (χ1) is 9.72. The molecule has 0 unspecified atom stereocenters. The number of benzene rings is 1. The first kappa shape index (κ1) is 13.9. The van der Waals surface area contributed by atoms with Crippen molar-refractivity contribution in [2.24, 2.45) is 0 Å². The van der Waals surface area contributed by atoms with Crippen LogP contribution in [0.25, 0.3) is 5.69 Å². The Bertz CT molecular complexity index is 616. The molecule has 0 spiro atoms. The van der Waals surface area contributed by atoms with Crippen LogP contribution in [0.4, 0.5) is 5.69 Å². The van der Waals surface area contributed by atoms with Crippen LogP contribution in [0.5, 0.6) is 0 Å². The van der Waals surface area contributed by atoms with Gasteiger partial charge in [-0.3, -0.25) is 4.79 Å². The number of nitrogens with one attached hydrogen (secondary N) is 1. The lowest BCUT2D eigenvalue weighted by Crippen LogP contribution is -2.24. The number of hydrogen-bond acceptors (Lipinski definition) is 3. The van der Waals surface area contributed by atoms with Crippen molar-refractivity contribution < 1.29 is 4.79 Å². The van der Waals surface area contributed by atoms with Gasteiger partial charge >= 0.3 is 0 Å². The van der Waals surface area contributed by atoms with Gasteiger partial charge in [-0.1, -0.05) is 24.3 Å². The first-order valence-electron chi connectivity index (χ1n) is 6.52. The summed E-state index contributed by atoms with van der Waals surface area (Å²) < 4.78 is 1.61. The van der Waals surface area contributed by atoms with Crippen molar-refractivity contribution in [1.82, 2.24) is 15.1 Å². The number of nitrogen functional groups attached to an aromatic ring is 1. The highest BCUT2D eigenvalue weighted by atomic mass is 16.1. The van der Waals surface area contributed by atoms with Crippen LogP contribution >= 0.6 is 0 Å². The van der Waals surface area contributed by atoms with E-state index in [4.69, 9.17) is 5.73 Å². The third-order valence-electron chi connectivity index (χ3n) is 2.84. The summed E-state index contributed by atoms with van der Waals surface area (Å²) in [5.41, 5.74) is 7.65. The van der Waals surface area contributed by atoms with Crippen molar-refractivity contribution in [3.63, 3.8) is 0 Å². The Kier molecular flexibility index (Phi) is 4.55. The van der Waals surface area contributed by atoms with Crippen LogP contribution in [-0.4, -0.2) is 22.2 Å². The van der Waals surface area contributed by atoms with E-state index >= 15 is 0 Å². The molecule has 0 fully saturated rings. The molecule has 1 aromatic carbocycles. The maximum atomic E-state index is 11.9. The van der Waals surface area contributed by atoms with Crippen LogP contribution in [0.15, 0.2) is 48.7 Å². The molecule has 0 aliphatic heterocycles. The Hall–Kier alpha value is -2.56. The zero-order chi connectivity index (χ0) is 14.4. The van der Waals surface area contributed by atoms with E-state index in [1.165, 1.54) is 0 Å². The van der Waals surface area contributed by atoms with E-state index in [1.54, 1.807) is 23.0 Å². The maximum absolute atomic E-state index is 11.9. The second-order valence-corrected chi connectivity index (χ2v) is 4.32. The predicted octanol–water partition coefficient (Wildman–Crippen LogP) is 2.15. The molecule has 2 rings (SSSR count). The number of amides is 1. The van der Waals surface area contributed by atoms with Gasteiger partial charge in [-0.15, -0.1) is 0 Å². The fraction of sp³-hybridized carbons (Fsp3) is 0.200. The molecule has 0 atom stereocenters. The number of aromatic nitrogens is 2. The molecule has 0 radical (unpaired) electrons. The quantitative estimate of drug-likeness (QED) is 0.496. The lowest BCUT2D eigenvalue weighted by atomic mass is 10.3. The Morgan fingerprint density at radius 1 is 1.40 bits per heavy atom. The summed E-state index contributed by atoms with van der Waals surface area (Å²) in [6.45, 7) is 2.55. The Balaban J connectivity index is 2.05. The summed E-state index contributed by atoms with van der Waals surface area (Å²) >= 11 is 0. The molecule has 20 heavy (non-hydrogen) atoms. The van der Waals surface area contributed by atoms with Crippen molar-refractivity contribution in [2.45, 2.75) is 13.3 Å². The van der Waals surface area contributed by atoms with Crippen LogP contribution in [0.3, 0.4) is 0 Å². The molecule has 0 aliphatic carbocycles. The number of carbonyl (C=O) groups excluding carboxylic acids is 1. The molecule has 0 saturated carbocycles. The van der Waals surface area contributed by atoms with Gasteiger partial charge in [0.2, 0.25) is 0 Å². The molecule has 3 N–H and O–H groups in total. The van der Waals surface area contributed by atoms with E-state index in [0.29, 0.717) is 17.9 Å². The summed E-state index contributed by atoms with van der Waals surface area (Å²) in [4.78, 5) is 11.9. The standard InChI is InChI=1S/C15H18N4O/c1-2-3-6-10-17-15(20)13-9-11-19(18-13)14-8-5-4-7-12(14)16/h2-5,7-9,11H,6,10,16H2,1H3,(H,17,20)/b3-2+. The van der Waals surface area contributed by atoms with Gasteiger partial charge in [-0.2, -0.15) is 5.10 Å². The lowest BCUT2D eigenvalue weighted by molar-refractivity contribution is 0.0949. The van der Waals surface area contributed by atoms with Crippen LogP contribution in [0, 0.1) is 0 Å². The zero-order valence-corrected chi connectivity index (χ0v) is 11.4. The zero-order valence-electron chi connectivity index (χ0n) is 11.4. The number of allylic oxidation sites excluding steroid dienone is 1. The summed E-state index contributed by atoms with van der Waals surface area (Å²) in [6, 6.07) is 9.07. The second-order valence-electron chi connectivity index (χ2n) is 4.32. The molecule has 5 nitrogen and oxygen atoms in total. The third-order valence-corrected chi connectivity index (χ3v) is 2.84. The first-order valence-corrected chi connectivity index (χ1v) is 6.52. The molecule has 104 valence electrons. The second kappa shape index (κ2) is 6.56.